The van der Waals surface area contributed by atoms with E-state index in [0.29, 0.717) is 11.3 Å². The molecule has 0 aromatic heterocycles. The SMILES string of the molecule is O=C(NCC1(N2CCOCC2)CCSC1)C1CC12CCNCC2. The summed E-state index contributed by atoms with van der Waals surface area (Å²) in [5.74, 6) is 2.95. The molecule has 23 heavy (non-hydrogen) atoms. The van der Waals surface area contributed by atoms with Crippen LogP contribution in [0.5, 0.6) is 0 Å². The maximum Gasteiger partial charge on any atom is 0.223 e. The lowest BCUT2D eigenvalue weighted by Gasteiger charge is -2.43. The van der Waals surface area contributed by atoms with E-state index in [1.54, 1.807) is 0 Å². The number of amides is 1. The van der Waals surface area contributed by atoms with Gasteiger partial charge in [-0.1, -0.05) is 0 Å². The Hall–Kier alpha value is -0.300. The largest absolute Gasteiger partial charge is 0.379 e. The predicted octanol–water partition coefficient (Wildman–Crippen LogP) is 0.700. The molecular weight excluding hydrogens is 310 g/mol. The van der Waals surface area contributed by atoms with Gasteiger partial charge in [0, 0.05) is 36.8 Å². The fourth-order valence-electron chi connectivity index (χ4n) is 4.71. The Kier molecular flexibility index (Phi) is 4.60. The second kappa shape index (κ2) is 6.54. The molecule has 4 rings (SSSR count). The summed E-state index contributed by atoms with van der Waals surface area (Å²) in [5.41, 5.74) is 0.506. The van der Waals surface area contributed by atoms with Gasteiger partial charge in [-0.05, 0) is 49.9 Å². The molecular formula is C17H29N3O2S. The number of carbonyl (C=O) groups excluding carboxylic acids is 1. The van der Waals surface area contributed by atoms with Gasteiger partial charge in [-0.25, -0.2) is 0 Å². The number of nitrogens with one attached hydrogen (secondary N) is 2. The van der Waals surface area contributed by atoms with E-state index in [1.165, 1.54) is 25.0 Å². The van der Waals surface area contributed by atoms with Crippen LogP contribution in [0.4, 0.5) is 0 Å². The summed E-state index contributed by atoms with van der Waals surface area (Å²) in [4.78, 5) is 15.3. The molecule has 0 aromatic carbocycles. The van der Waals surface area contributed by atoms with Crippen LogP contribution < -0.4 is 10.6 Å². The highest BCUT2D eigenvalue weighted by molar-refractivity contribution is 7.99. The van der Waals surface area contributed by atoms with Gasteiger partial charge >= 0.3 is 0 Å². The number of ether oxygens (including phenoxy) is 1. The van der Waals surface area contributed by atoms with Crippen LogP contribution in [-0.2, 0) is 9.53 Å². The average molecular weight is 340 g/mol. The van der Waals surface area contributed by atoms with Crippen molar-refractivity contribution >= 4 is 17.7 Å². The van der Waals surface area contributed by atoms with Crippen LogP contribution in [0.1, 0.15) is 25.7 Å². The molecule has 1 spiro atoms. The molecule has 2 N–H and O–H groups in total. The Labute approximate surface area is 143 Å². The zero-order valence-corrected chi connectivity index (χ0v) is 14.8. The van der Waals surface area contributed by atoms with Gasteiger partial charge < -0.3 is 15.4 Å². The lowest BCUT2D eigenvalue weighted by Crippen LogP contribution is -2.59. The van der Waals surface area contributed by atoms with E-state index >= 15 is 0 Å². The summed E-state index contributed by atoms with van der Waals surface area (Å²) in [7, 11) is 0. The van der Waals surface area contributed by atoms with Crippen LogP contribution >= 0.6 is 11.8 Å². The summed E-state index contributed by atoms with van der Waals surface area (Å²) < 4.78 is 5.51. The standard InChI is InChI=1S/C17H29N3O2S/c21-15(14-11-16(14)1-4-18-5-2-16)19-12-17(3-10-23-13-17)20-6-8-22-9-7-20/h14,18H,1-13H2,(H,19,21). The van der Waals surface area contributed by atoms with Gasteiger partial charge in [0.25, 0.3) is 0 Å². The lowest BCUT2D eigenvalue weighted by molar-refractivity contribution is -0.124. The molecule has 1 aliphatic carbocycles. The molecule has 4 aliphatic rings. The molecule has 3 saturated heterocycles. The highest BCUT2D eigenvalue weighted by atomic mass is 32.2. The van der Waals surface area contributed by atoms with E-state index in [0.717, 1.165) is 58.1 Å². The number of hydrogen-bond acceptors (Lipinski definition) is 5. The molecule has 1 saturated carbocycles. The topological polar surface area (TPSA) is 53.6 Å². The Bertz CT molecular complexity index is 441. The molecule has 0 bridgehead atoms. The number of nitrogens with zero attached hydrogens (tertiary/aromatic N) is 1. The molecule has 0 radical (unpaired) electrons. The second-order valence-electron chi connectivity index (χ2n) is 7.71. The fraction of sp³-hybridized carbons (Fsp3) is 0.941. The quantitative estimate of drug-likeness (QED) is 0.790. The Balaban J connectivity index is 1.34. The van der Waals surface area contributed by atoms with Gasteiger partial charge in [-0.3, -0.25) is 9.69 Å². The molecule has 0 aromatic rings. The molecule has 3 aliphatic heterocycles. The molecule has 3 heterocycles. The number of hydrogen-bond donors (Lipinski definition) is 2. The first kappa shape index (κ1) is 16.2. The summed E-state index contributed by atoms with van der Waals surface area (Å²) >= 11 is 2.03. The van der Waals surface area contributed by atoms with Crippen molar-refractivity contribution < 1.29 is 9.53 Å². The van der Waals surface area contributed by atoms with Crippen LogP contribution in [0, 0.1) is 11.3 Å². The van der Waals surface area contributed by atoms with Crippen molar-refractivity contribution in [2.24, 2.45) is 11.3 Å². The number of piperidine rings is 1. The normalized spacial score (nSPS) is 37.0. The lowest BCUT2D eigenvalue weighted by atomic mass is 9.91. The van der Waals surface area contributed by atoms with E-state index < -0.39 is 0 Å². The van der Waals surface area contributed by atoms with Crippen LogP contribution in [-0.4, -0.2) is 73.8 Å². The summed E-state index contributed by atoms with van der Waals surface area (Å²) in [6, 6.07) is 0. The molecule has 1 amide bonds. The monoisotopic (exact) mass is 339 g/mol. The van der Waals surface area contributed by atoms with Crippen molar-refractivity contribution in [2.75, 3.05) is 57.4 Å². The third-order valence-corrected chi connectivity index (χ3v) is 7.70. The first-order chi connectivity index (χ1) is 11.2. The van der Waals surface area contributed by atoms with Gasteiger partial charge in [-0.15, -0.1) is 0 Å². The van der Waals surface area contributed by atoms with Crippen LogP contribution in [0.2, 0.25) is 0 Å². The summed E-state index contributed by atoms with van der Waals surface area (Å²) in [6.45, 7) is 6.67. The minimum atomic E-state index is 0.167. The third kappa shape index (κ3) is 3.15. The van der Waals surface area contributed by atoms with E-state index in [2.05, 4.69) is 15.5 Å². The Morgan fingerprint density at radius 1 is 1.26 bits per heavy atom. The van der Waals surface area contributed by atoms with Crippen molar-refractivity contribution in [3.8, 4) is 0 Å². The van der Waals surface area contributed by atoms with E-state index in [9.17, 15) is 4.79 Å². The number of morpholine rings is 1. The first-order valence-corrected chi connectivity index (χ1v) is 10.3. The fourth-order valence-corrected chi connectivity index (χ4v) is 6.18. The van der Waals surface area contributed by atoms with Gasteiger partial charge in [0.1, 0.15) is 0 Å². The highest BCUT2D eigenvalue weighted by Crippen LogP contribution is 2.58. The third-order valence-electron chi connectivity index (χ3n) is 6.46. The van der Waals surface area contributed by atoms with Crippen molar-refractivity contribution in [3.05, 3.63) is 0 Å². The first-order valence-electron chi connectivity index (χ1n) is 9.13. The van der Waals surface area contributed by atoms with Crippen LogP contribution in [0.15, 0.2) is 0 Å². The Morgan fingerprint density at radius 2 is 2.04 bits per heavy atom. The van der Waals surface area contributed by atoms with E-state index in [-0.39, 0.29) is 11.5 Å². The smallest absolute Gasteiger partial charge is 0.223 e. The number of carbonyl (C=O) groups is 1. The maximum absolute atomic E-state index is 12.7. The van der Waals surface area contributed by atoms with Gasteiger partial charge in [0.05, 0.1) is 13.2 Å². The molecule has 5 nitrogen and oxygen atoms in total. The zero-order valence-electron chi connectivity index (χ0n) is 13.9. The van der Waals surface area contributed by atoms with Gasteiger partial charge in [0.2, 0.25) is 5.91 Å². The van der Waals surface area contributed by atoms with E-state index in [4.69, 9.17) is 4.74 Å². The van der Waals surface area contributed by atoms with Crippen LogP contribution in [0.25, 0.3) is 0 Å². The summed E-state index contributed by atoms with van der Waals surface area (Å²) in [5, 5.41) is 6.75. The van der Waals surface area contributed by atoms with Gasteiger partial charge in [0.15, 0.2) is 0 Å². The predicted molar refractivity (Wildman–Crippen MR) is 92.7 cm³/mol. The Morgan fingerprint density at radius 3 is 2.74 bits per heavy atom. The van der Waals surface area contributed by atoms with E-state index in [1.807, 2.05) is 11.8 Å². The van der Waals surface area contributed by atoms with Crippen molar-refractivity contribution in [3.63, 3.8) is 0 Å². The molecule has 2 atom stereocenters. The zero-order chi connectivity index (χ0) is 15.8. The second-order valence-corrected chi connectivity index (χ2v) is 8.82. The number of thioether (sulfide) groups is 1. The van der Waals surface area contributed by atoms with Crippen molar-refractivity contribution in [2.45, 2.75) is 31.2 Å². The highest BCUT2D eigenvalue weighted by Gasteiger charge is 2.57. The van der Waals surface area contributed by atoms with Crippen LogP contribution in [0.3, 0.4) is 0 Å². The summed E-state index contributed by atoms with van der Waals surface area (Å²) in [6.07, 6.45) is 4.66. The van der Waals surface area contributed by atoms with Crippen molar-refractivity contribution in [1.29, 1.82) is 0 Å². The average Bonchev–Trinajstić information content (AvgIpc) is 3.08. The van der Waals surface area contributed by atoms with Crippen molar-refractivity contribution in [1.82, 2.24) is 15.5 Å². The molecule has 4 fully saturated rings. The van der Waals surface area contributed by atoms with Gasteiger partial charge in [-0.2, -0.15) is 11.8 Å². The number of rotatable bonds is 4. The molecule has 2 unspecified atom stereocenters. The molecule has 6 heteroatoms. The molecule has 130 valence electrons. The maximum atomic E-state index is 12.7. The minimum Gasteiger partial charge on any atom is -0.379 e. The minimum absolute atomic E-state index is 0.167.